The molecule has 5 heteroatoms. The van der Waals surface area contributed by atoms with Crippen LogP contribution in [0.25, 0.3) is 11.3 Å². The van der Waals surface area contributed by atoms with Crippen molar-refractivity contribution in [2.24, 2.45) is 5.92 Å². The molecule has 1 aliphatic rings. The Bertz CT molecular complexity index is 749. The number of nitrogens with one attached hydrogen (secondary N) is 1. The number of amides is 1. The van der Waals surface area contributed by atoms with Crippen molar-refractivity contribution in [1.29, 1.82) is 0 Å². The fourth-order valence-electron chi connectivity index (χ4n) is 3.03. The van der Waals surface area contributed by atoms with Crippen LogP contribution >= 0.6 is 0 Å². The summed E-state index contributed by atoms with van der Waals surface area (Å²) in [6.45, 7) is 2.36. The third-order valence-corrected chi connectivity index (χ3v) is 4.40. The van der Waals surface area contributed by atoms with Crippen molar-refractivity contribution in [3.8, 4) is 11.3 Å². The van der Waals surface area contributed by atoms with Gasteiger partial charge < -0.3 is 10.4 Å². The first kappa shape index (κ1) is 16.5. The number of benzene rings is 1. The number of carbonyl (C=O) groups excluding carboxylic acids is 1. The molecule has 1 aromatic heterocycles. The summed E-state index contributed by atoms with van der Waals surface area (Å²) >= 11 is 0. The summed E-state index contributed by atoms with van der Waals surface area (Å²) in [7, 11) is 0. The topological polar surface area (TPSA) is 67.2 Å². The van der Waals surface area contributed by atoms with Crippen molar-refractivity contribution in [2.75, 3.05) is 11.9 Å². The zero-order chi connectivity index (χ0) is 16.9. The number of hydrogen-bond acceptors (Lipinski definition) is 3. The fourth-order valence-corrected chi connectivity index (χ4v) is 3.03. The largest absolute Gasteiger partial charge is 0.394 e. The summed E-state index contributed by atoms with van der Waals surface area (Å²) in [6, 6.07) is 9.89. The van der Waals surface area contributed by atoms with Crippen LogP contribution in [-0.2, 0) is 11.3 Å². The molecule has 0 aliphatic heterocycles. The Kier molecular flexibility index (Phi) is 5.11. The van der Waals surface area contributed by atoms with Gasteiger partial charge in [0.15, 0.2) is 0 Å². The fraction of sp³-hybridized carbons (Fsp3) is 0.368. The second-order valence-corrected chi connectivity index (χ2v) is 6.15. The Morgan fingerprint density at radius 3 is 2.92 bits per heavy atom. The highest BCUT2D eigenvalue weighted by Crippen LogP contribution is 2.26. The molecule has 0 bridgehead atoms. The summed E-state index contributed by atoms with van der Waals surface area (Å²) in [6.07, 6.45) is 6.79. The molecule has 5 nitrogen and oxygen atoms in total. The molecule has 1 heterocycles. The predicted octanol–water partition coefficient (Wildman–Crippen LogP) is 3.15. The first-order chi connectivity index (χ1) is 11.7. The number of allylic oxidation sites excluding steroid dienone is 2. The first-order valence-electron chi connectivity index (χ1n) is 8.39. The number of carbonyl (C=O) groups is 1. The molecule has 0 spiro atoms. The van der Waals surface area contributed by atoms with E-state index in [4.69, 9.17) is 0 Å². The van der Waals surface area contributed by atoms with E-state index in [-0.39, 0.29) is 18.4 Å². The maximum Gasteiger partial charge on any atom is 0.228 e. The van der Waals surface area contributed by atoms with Gasteiger partial charge in [0.05, 0.1) is 18.8 Å². The number of aliphatic hydroxyl groups is 1. The van der Waals surface area contributed by atoms with Crippen LogP contribution in [0.5, 0.6) is 0 Å². The van der Waals surface area contributed by atoms with Gasteiger partial charge in [0.25, 0.3) is 0 Å². The van der Waals surface area contributed by atoms with Crippen LogP contribution < -0.4 is 5.32 Å². The normalized spacial score (nSPS) is 17.0. The van der Waals surface area contributed by atoms with Crippen LogP contribution in [0.1, 0.15) is 24.8 Å². The standard InChI is InChI=1S/C19H23N3O2/c1-14-7-5-6-10-16(14)17-13-18(22(21-17)11-12-23)20-19(24)15-8-3-2-4-9-15/h2-3,5-7,10,13,15,23H,4,8-9,11-12H2,1H3,(H,20,24). The summed E-state index contributed by atoms with van der Waals surface area (Å²) in [5.74, 6) is 0.672. The molecule has 0 saturated carbocycles. The maximum atomic E-state index is 12.5. The highest BCUT2D eigenvalue weighted by atomic mass is 16.3. The van der Waals surface area contributed by atoms with Crippen LogP contribution in [0.2, 0.25) is 0 Å². The van der Waals surface area contributed by atoms with Gasteiger partial charge in [-0.3, -0.25) is 4.79 Å². The number of rotatable bonds is 5. The van der Waals surface area contributed by atoms with Gasteiger partial charge in [-0.25, -0.2) is 4.68 Å². The van der Waals surface area contributed by atoms with Crippen molar-refractivity contribution < 1.29 is 9.90 Å². The average molecular weight is 325 g/mol. The van der Waals surface area contributed by atoms with Gasteiger partial charge in [0.2, 0.25) is 5.91 Å². The van der Waals surface area contributed by atoms with Crippen LogP contribution in [0.15, 0.2) is 42.5 Å². The lowest BCUT2D eigenvalue weighted by Crippen LogP contribution is -2.25. The molecule has 3 rings (SSSR count). The van der Waals surface area contributed by atoms with Crippen molar-refractivity contribution in [3.63, 3.8) is 0 Å². The van der Waals surface area contributed by atoms with E-state index in [1.807, 2.05) is 37.3 Å². The Hall–Kier alpha value is -2.40. The average Bonchev–Trinajstić information content (AvgIpc) is 2.99. The number of anilines is 1. The van der Waals surface area contributed by atoms with Gasteiger partial charge in [-0.05, 0) is 31.7 Å². The molecule has 1 atom stereocenters. The van der Waals surface area contributed by atoms with Crippen LogP contribution in [0.3, 0.4) is 0 Å². The Morgan fingerprint density at radius 1 is 1.38 bits per heavy atom. The van der Waals surface area contributed by atoms with Crippen molar-refractivity contribution in [3.05, 3.63) is 48.0 Å². The quantitative estimate of drug-likeness (QED) is 0.830. The number of aryl methyl sites for hydroxylation is 1. The Morgan fingerprint density at radius 2 is 2.21 bits per heavy atom. The van der Waals surface area contributed by atoms with Gasteiger partial charge in [-0.2, -0.15) is 5.10 Å². The predicted molar refractivity (Wildman–Crippen MR) is 94.6 cm³/mol. The summed E-state index contributed by atoms with van der Waals surface area (Å²) in [4.78, 5) is 12.5. The van der Waals surface area contributed by atoms with E-state index in [1.54, 1.807) is 4.68 Å². The minimum atomic E-state index is -0.0239. The lowest BCUT2D eigenvalue weighted by molar-refractivity contribution is -0.120. The minimum absolute atomic E-state index is 0.00869. The maximum absolute atomic E-state index is 12.5. The zero-order valence-electron chi connectivity index (χ0n) is 13.9. The van der Waals surface area contributed by atoms with Crippen molar-refractivity contribution in [2.45, 2.75) is 32.7 Å². The number of nitrogens with zero attached hydrogens (tertiary/aromatic N) is 2. The van der Waals surface area contributed by atoms with Crippen LogP contribution in [0, 0.1) is 12.8 Å². The lowest BCUT2D eigenvalue weighted by atomic mass is 9.94. The van der Waals surface area contributed by atoms with E-state index < -0.39 is 0 Å². The van der Waals surface area contributed by atoms with Gasteiger partial charge in [-0.1, -0.05) is 36.4 Å². The summed E-state index contributed by atoms with van der Waals surface area (Å²) in [5, 5.41) is 16.8. The number of aliphatic hydroxyl groups excluding tert-OH is 1. The molecule has 2 aromatic rings. The first-order valence-corrected chi connectivity index (χ1v) is 8.39. The molecule has 2 N–H and O–H groups in total. The second kappa shape index (κ2) is 7.45. The summed E-state index contributed by atoms with van der Waals surface area (Å²) < 4.78 is 1.67. The van der Waals surface area contributed by atoms with E-state index in [1.165, 1.54) is 0 Å². The monoisotopic (exact) mass is 325 g/mol. The van der Waals surface area contributed by atoms with E-state index in [9.17, 15) is 9.90 Å². The molecule has 1 aliphatic carbocycles. The van der Waals surface area contributed by atoms with E-state index in [0.717, 1.165) is 36.1 Å². The minimum Gasteiger partial charge on any atom is -0.394 e. The van der Waals surface area contributed by atoms with Crippen molar-refractivity contribution >= 4 is 11.7 Å². The molecule has 24 heavy (non-hydrogen) atoms. The SMILES string of the molecule is Cc1ccccc1-c1cc(NC(=O)C2CC=CCC2)n(CCO)n1. The Labute approximate surface area is 142 Å². The smallest absolute Gasteiger partial charge is 0.228 e. The van der Waals surface area contributed by atoms with Gasteiger partial charge in [-0.15, -0.1) is 0 Å². The van der Waals surface area contributed by atoms with Gasteiger partial charge in [0, 0.05) is 17.5 Å². The molecular weight excluding hydrogens is 302 g/mol. The molecule has 0 fully saturated rings. The van der Waals surface area contributed by atoms with E-state index in [0.29, 0.717) is 12.4 Å². The Balaban J connectivity index is 1.85. The molecular formula is C19H23N3O2. The molecule has 0 saturated heterocycles. The lowest BCUT2D eigenvalue weighted by Gasteiger charge is -2.17. The van der Waals surface area contributed by atoms with E-state index >= 15 is 0 Å². The second-order valence-electron chi connectivity index (χ2n) is 6.15. The molecule has 126 valence electrons. The highest BCUT2D eigenvalue weighted by molar-refractivity contribution is 5.92. The number of hydrogen-bond donors (Lipinski definition) is 2. The molecule has 1 unspecified atom stereocenters. The van der Waals surface area contributed by atoms with Crippen LogP contribution in [0.4, 0.5) is 5.82 Å². The molecule has 1 amide bonds. The molecule has 1 aromatic carbocycles. The summed E-state index contributed by atoms with van der Waals surface area (Å²) in [5.41, 5.74) is 2.96. The highest BCUT2D eigenvalue weighted by Gasteiger charge is 2.21. The van der Waals surface area contributed by atoms with Gasteiger partial charge in [0.1, 0.15) is 5.82 Å². The van der Waals surface area contributed by atoms with E-state index in [2.05, 4.69) is 22.6 Å². The number of aromatic nitrogens is 2. The molecule has 0 radical (unpaired) electrons. The third-order valence-electron chi connectivity index (χ3n) is 4.40. The van der Waals surface area contributed by atoms with Gasteiger partial charge >= 0.3 is 0 Å². The van der Waals surface area contributed by atoms with Crippen molar-refractivity contribution in [1.82, 2.24) is 9.78 Å². The third kappa shape index (κ3) is 3.57. The van der Waals surface area contributed by atoms with Crippen LogP contribution in [-0.4, -0.2) is 27.4 Å². The zero-order valence-corrected chi connectivity index (χ0v) is 13.9.